The summed E-state index contributed by atoms with van der Waals surface area (Å²) in [6.07, 6.45) is 6.64. The molecule has 0 unspecified atom stereocenters. The monoisotopic (exact) mass is 334 g/mol. The number of hydrogen-bond donors (Lipinski definition) is 1. The van der Waals surface area contributed by atoms with Crippen LogP contribution in [-0.4, -0.2) is 43.6 Å². The first-order chi connectivity index (χ1) is 11.7. The zero-order valence-electron chi connectivity index (χ0n) is 14.2. The van der Waals surface area contributed by atoms with Crippen molar-refractivity contribution >= 4 is 5.91 Å². The highest BCUT2D eigenvalue weighted by molar-refractivity contribution is 5.94. The second-order valence-electron chi connectivity index (χ2n) is 6.83. The number of benzene rings is 1. The second-order valence-corrected chi connectivity index (χ2v) is 6.83. The maximum Gasteiger partial charge on any atom is 0.256 e. The summed E-state index contributed by atoms with van der Waals surface area (Å²) >= 11 is 0. The predicted molar refractivity (Wildman–Crippen MR) is 91.9 cm³/mol. The Labute approximate surface area is 143 Å². The van der Waals surface area contributed by atoms with Crippen molar-refractivity contribution in [2.24, 2.45) is 5.92 Å². The van der Waals surface area contributed by atoms with E-state index in [2.05, 4.69) is 5.32 Å². The van der Waals surface area contributed by atoms with Gasteiger partial charge in [-0.15, -0.1) is 0 Å². The molecule has 2 fully saturated rings. The summed E-state index contributed by atoms with van der Waals surface area (Å²) < 4.78 is 19.9. The maximum absolute atomic E-state index is 14.2. The van der Waals surface area contributed by atoms with Gasteiger partial charge in [0.25, 0.3) is 5.91 Å². The van der Waals surface area contributed by atoms with Crippen LogP contribution in [0.1, 0.15) is 48.9 Å². The Hall–Kier alpha value is -1.62. The number of rotatable bonds is 6. The largest absolute Gasteiger partial charge is 0.493 e. The zero-order valence-corrected chi connectivity index (χ0v) is 14.2. The number of hydrogen-bond acceptors (Lipinski definition) is 3. The van der Waals surface area contributed by atoms with Crippen molar-refractivity contribution in [3.63, 3.8) is 0 Å². The number of piperidine rings is 1. The van der Waals surface area contributed by atoms with E-state index in [9.17, 15) is 9.18 Å². The van der Waals surface area contributed by atoms with Crippen molar-refractivity contribution in [1.29, 1.82) is 0 Å². The highest BCUT2D eigenvalue weighted by Gasteiger charge is 2.22. The van der Waals surface area contributed by atoms with E-state index in [1.54, 1.807) is 17.0 Å². The standard InChI is InChI=1S/C19H27FN2O2/c20-18-14-16(24-13-3-4-15-7-9-21-10-8-15)5-6-17(18)19(23)22-11-1-2-12-22/h5-6,14-15,21H,1-4,7-13H2. The van der Waals surface area contributed by atoms with Gasteiger partial charge in [0, 0.05) is 19.2 Å². The Morgan fingerprint density at radius 1 is 1.25 bits per heavy atom. The minimum atomic E-state index is -0.484. The van der Waals surface area contributed by atoms with Crippen LogP contribution in [0, 0.1) is 11.7 Å². The lowest BCUT2D eigenvalue weighted by atomic mass is 9.93. The molecule has 0 atom stereocenters. The number of amides is 1. The summed E-state index contributed by atoms with van der Waals surface area (Å²) in [6, 6.07) is 4.60. The van der Waals surface area contributed by atoms with E-state index in [-0.39, 0.29) is 11.5 Å². The van der Waals surface area contributed by atoms with Crippen LogP contribution in [-0.2, 0) is 0 Å². The van der Waals surface area contributed by atoms with Gasteiger partial charge in [0.1, 0.15) is 11.6 Å². The van der Waals surface area contributed by atoms with Crippen LogP contribution in [0.3, 0.4) is 0 Å². The lowest BCUT2D eigenvalue weighted by Gasteiger charge is -2.22. The molecule has 0 aromatic heterocycles. The number of nitrogens with one attached hydrogen (secondary N) is 1. The Morgan fingerprint density at radius 2 is 2.00 bits per heavy atom. The number of carbonyl (C=O) groups is 1. The van der Waals surface area contributed by atoms with Gasteiger partial charge in [-0.1, -0.05) is 0 Å². The van der Waals surface area contributed by atoms with Crippen LogP contribution in [0.2, 0.25) is 0 Å². The summed E-state index contributed by atoms with van der Waals surface area (Å²) in [5, 5.41) is 3.37. The molecule has 2 heterocycles. The SMILES string of the molecule is O=C(c1ccc(OCCCC2CCNCC2)cc1F)N1CCCC1. The van der Waals surface area contributed by atoms with Crippen molar-refractivity contribution in [1.82, 2.24) is 10.2 Å². The summed E-state index contributed by atoms with van der Waals surface area (Å²) in [7, 11) is 0. The molecular formula is C19H27FN2O2. The third kappa shape index (κ3) is 4.47. The number of halogens is 1. The molecule has 0 spiro atoms. The summed E-state index contributed by atoms with van der Waals surface area (Å²) in [5.74, 6) is 0.605. The van der Waals surface area contributed by atoms with Crippen LogP contribution in [0.15, 0.2) is 18.2 Å². The smallest absolute Gasteiger partial charge is 0.256 e. The molecule has 4 nitrogen and oxygen atoms in total. The minimum absolute atomic E-state index is 0.152. The van der Waals surface area contributed by atoms with Crippen molar-refractivity contribution in [2.45, 2.75) is 38.5 Å². The normalized spacial score (nSPS) is 18.8. The topological polar surface area (TPSA) is 41.6 Å². The van der Waals surface area contributed by atoms with Crippen molar-refractivity contribution < 1.29 is 13.9 Å². The third-order valence-corrected chi connectivity index (χ3v) is 5.05. The van der Waals surface area contributed by atoms with Crippen LogP contribution in [0.5, 0.6) is 5.75 Å². The van der Waals surface area contributed by atoms with Crippen molar-refractivity contribution in [3.05, 3.63) is 29.6 Å². The van der Waals surface area contributed by atoms with Crippen molar-refractivity contribution in [3.8, 4) is 5.75 Å². The fraction of sp³-hybridized carbons (Fsp3) is 0.632. The molecule has 0 radical (unpaired) electrons. The van der Waals surface area contributed by atoms with Gasteiger partial charge >= 0.3 is 0 Å². The van der Waals surface area contributed by atoms with Crippen LogP contribution >= 0.6 is 0 Å². The first-order valence-corrected chi connectivity index (χ1v) is 9.16. The van der Waals surface area contributed by atoms with Gasteiger partial charge in [0.2, 0.25) is 0 Å². The van der Waals surface area contributed by atoms with Gasteiger partial charge in [0.05, 0.1) is 12.2 Å². The predicted octanol–water partition coefficient (Wildman–Crippen LogP) is 3.22. The van der Waals surface area contributed by atoms with Crippen LogP contribution < -0.4 is 10.1 Å². The van der Waals surface area contributed by atoms with Gasteiger partial charge in [-0.05, 0) is 69.7 Å². The quantitative estimate of drug-likeness (QED) is 0.812. The first-order valence-electron chi connectivity index (χ1n) is 9.16. The molecule has 1 N–H and O–H groups in total. The van der Waals surface area contributed by atoms with E-state index in [1.165, 1.54) is 18.9 Å². The lowest BCUT2D eigenvalue weighted by molar-refractivity contribution is 0.0788. The molecule has 24 heavy (non-hydrogen) atoms. The Kier molecular flexibility index (Phi) is 6.07. The molecule has 1 amide bonds. The number of nitrogens with zero attached hydrogens (tertiary/aromatic N) is 1. The molecule has 0 aliphatic carbocycles. The Bertz CT molecular complexity index is 552. The van der Waals surface area contributed by atoms with Crippen molar-refractivity contribution in [2.75, 3.05) is 32.8 Å². The van der Waals surface area contributed by atoms with E-state index in [1.807, 2.05) is 0 Å². The molecule has 132 valence electrons. The number of ether oxygens (including phenoxy) is 1. The van der Waals surface area contributed by atoms with Gasteiger partial charge in [0.15, 0.2) is 0 Å². The second kappa shape index (κ2) is 8.47. The summed E-state index contributed by atoms with van der Waals surface area (Å²) in [5.41, 5.74) is 0.152. The van der Waals surface area contributed by atoms with Gasteiger partial charge < -0.3 is 15.0 Å². The summed E-state index contributed by atoms with van der Waals surface area (Å²) in [6.45, 7) is 4.29. The highest BCUT2D eigenvalue weighted by Crippen LogP contribution is 2.21. The molecule has 2 aliphatic heterocycles. The zero-order chi connectivity index (χ0) is 16.8. The van der Waals surface area contributed by atoms with E-state index < -0.39 is 5.82 Å². The van der Waals surface area contributed by atoms with Crippen LogP contribution in [0.4, 0.5) is 4.39 Å². The average molecular weight is 334 g/mol. The Morgan fingerprint density at radius 3 is 2.71 bits per heavy atom. The molecule has 3 rings (SSSR count). The molecule has 0 saturated carbocycles. The molecule has 1 aromatic rings. The van der Waals surface area contributed by atoms with Gasteiger partial charge in [-0.3, -0.25) is 4.79 Å². The van der Waals surface area contributed by atoms with E-state index in [4.69, 9.17) is 4.74 Å². The molecule has 2 aliphatic rings. The fourth-order valence-corrected chi connectivity index (χ4v) is 3.58. The van der Waals surface area contributed by atoms with E-state index in [0.29, 0.717) is 12.4 Å². The fourth-order valence-electron chi connectivity index (χ4n) is 3.58. The summed E-state index contributed by atoms with van der Waals surface area (Å²) in [4.78, 5) is 14.0. The van der Waals surface area contributed by atoms with Gasteiger partial charge in [-0.25, -0.2) is 4.39 Å². The molecule has 5 heteroatoms. The average Bonchev–Trinajstić information content (AvgIpc) is 3.14. The highest BCUT2D eigenvalue weighted by atomic mass is 19.1. The minimum Gasteiger partial charge on any atom is -0.493 e. The first kappa shape index (κ1) is 17.2. The molecule has 1 aromatic carbocycles. The number of likely N-dealkylation sites (tertiary alicyclic amines) is 1. The lowest BCUT2D eigenvalue weighted by Crippen LogP contribution is -2.28. The Balaban J connectivity index is 1.46. The molecule has 0 bridgehead atoms. The van der Waals surface area contributed by atoms with E-state index in [0.717, 1.165) is 57.8 Å². The number of carbonyl (C=O) groups excluding carboxylic acids is 1. The van der Waals surface area contributed by atoms with Gasteiger partial charge in [-0.2, -0.15) is 0 Å². The molecule has 2 saturated heterocycles. The molecular weight excluding hydrogens is 307 g/mol. The van der Waals surface area contributed by atoms with Crippen LogP contribution in [0.25, 0.3) is 0 Å². The maximum atomic E-state index is 14.2. The third-order valence-electron chi connectivity index (χ3n) is 5.05. The van der Waals surface area contributed by atoms with E-state index >= 15 is 0 Å².